The Kier molecular flexibility index (Phi) is 4.56. The number of nitrogens with one attached hydrogen (secondary N) is 1. The van der Waals surface area contributed by atoms with E-state index < -0.39 is 0 Å². The smallest absolute Gasteiger partial charge is 0.284 e. The molecule has 4 nitrogen and oxygen atoms in total. The van der Waals surface area contributed by atoms with Crippen LogP contribution in [0.4, 0.5) is 5.69 Å². The number of carbonyl (C=O) groups excluding carboxylic acids is 1. The van der Waals surface area contributed by atoms with Crippen molar-refractivity contribution in [2.75, 3.05) is 38.6 Å². The zero-order chi connectivity index (χ0) is 13.8. The summed E-state index contributed by atoms with van der Waals surface area (Å²) in [7, 11) is 4.27. The van der Waals surface area contributed by atoms with E-state index in [-0.39, 0.29) is 11.9 Å². The lowest BCUT2D eigenvalue weighted by Gasteiger charge is -2.20. The Morgan fingerprint density at radius 3 is 2.89 bits per heavy atom. The van der Waals surface area contributed by atoms with Crippen LogP contribution in [0.3, 0.4) is 0 Å². The summed E-state index contributed by atoms with van der Waals surface area (Å²) in [6.07, 6.45) is 0.983. The summed E-state index contributed by atoms with van der Waals surface area (Å²) in [5.74, 6) is 0.235. The van der Waals surface area contributed by atoms with Crippen LogP contribution in [0.2, 0.25) is 0 Å². The highest BCUT2D eigenvalue weighted by Gasteiger charge is 2.29. The number of hydrogen-bond donors (Lipinski definition) is 2. The second-order valence-corrected chi connectivity index (χ2v) is 5.64. The van der Waals surface area contributed by atoms with Crippen molar-refractivity contribution in [3.05, 3.63) is 29.8 Å². The molecule has 19 heavy (non-hydrogen) atoms. The zero-order valence-corrected chi connectivity index (χ0v) is 12.1. The van der Waals surface area contributed by atoms with Crippen molar-refractivity contribution in [1.82, 2.24) is 0 Å². The van der Waals surface area contributed by atoms with E-state index >= 15 is 0 Å². The van der Waals surface area contributed by atoms with E-state index in [9.17, 15) is 4.79 Å². The molecule has 0 saturated carbocycles. The molecule has 0 unspecified atom stereocenters. The average Bonchev–Trinajstić information content (AvgIpc) is 2.81. The largest absolute Gasteiger partial charge is 0.335 e. The maximum atomic E-state index is 12.5. The second-order valence-electron chi connectivity index (χ2n) is 5.64. The number of carbonyl (C=O) groups is 1. The van der Waals surface area contributed by atoms with Crippen LogP contribution in [-0.4, -0.2) is 45.7 Å². The van der Waals surface area contributed by atoms with Gasteiger partial charge in [0.25, 0.3) is 5.91 Å². The summed E-state index contributed by atoms with van der Waals surface area (Å²) in [6.45, 7) is 4.91. The van der Waals surface area contributed by atoms with E-state index in [1.165, 1.54) is 10.5 Å². The number of quaternary nitrogens is 2. The van der Waals surface area contributed by atoms with Gasteiger partial charge in [0, 0.05) is 12.2 Å². The number of anilines is 1. The Morgan fingerprint density at radius 1 is 1.42 bits per heavy atom. The summed E-state index contributed by atoms with van der Waals surface area (Å²) >= 11 is 0. The first-order chi connectivity index (χ1) is 9.09. The maximum absolute atomic E-state index is 12.5. The first kappa shape index (κ1) is 14.0. The van der Waals surface area contributed by atoms with Gasteiger partial charge < -0.3 is 15.1 Å². The highest BCUT2D eigenvalue weighted by molar-refractivity contribution is 5.97. The Bertz CT molecular complexity index is 445. The standard InChI is InChI=1S/C15H23N3O/c1-12(16-9-11-17(2)3)15(19)18-10-8-13-6-4-5-7-14(13)18/h4-7,12,16H,8-11H2,1-3H3/p+2/t12-/m1/s1. The lowest BCUT2D eigenvalue weighted by Crippen LogP contribution is -3.10. The number of fused-ring (bicyclic) bond motifs is 1. The van der Waals surface area contributed by atoms with Gasteiger partial charge in [-0.3, -0.25) is 4.79 Å². The van der Waals surface area contributed by atoms with Crippen LogP contribution >= 0.6 is 0 Å². The van der Waals surface area contributed by atoms with Crippen LogP contribution < -0.4 is 15.1 Å². The highest BCUT2D eigenvalue weighted by atomic mass is 16.2. The molecular weight excluding hydrogens is 238 g/mol. The summed E-state index contributed by atoms with van der Waals surface area (Å²) in [4.78, 5) is 15.8. The molecule has 0 bridgehead atoms. The predicted octanol–water partition coefficient (Wildman–Crippen LogP) is -1.33. The van der Waals surface area contributed by atoms with Crippen LogP contribution in [0.15, 0.2) is 24.3 Å². The molecule has 1 aromatic rings. The van der Waals surface area contributed by atoms with E-state index in [0.717, 1.165) is 31.7 Å². The van der Waals surface area contributed by atoms with Crippen molar-refractivity contribution in [3.63, 3.8) is 0 Å². The van der Waals surface area contributed by atoms with Crippen molar-refractivity contribution in [2.24, 2.45) is 0 Å². The van der Waals surface area contributed by atoms with Gasteiger partial charge in [0.15, 0.2) is 6.04 Å². The molecule has 1 aromatic carbocycles. The number of para-hydroxylation sites is 1. The molecule has 1 heterocycles. The quantitative estimate of drug-likeness (QED) is 0.679. The fourth-order valence-corrected chi connectivity index (χ4v) is 2.54. The third-order valence-corrected chi connectivity index (χ3v) is 3.71. The van der Waals surface area contributed by atoms with Gasteiger partial charge in [-0.05, 0) is 25.0 Å². The van der Waals surface area contributed by atoms with Crippen LogP contribution in [-0.2, 0) is 11.2 Å². The van der Waals surface area contributed by atoms with Crippen LogP contribution in [0.1, 0.15) is 12.5 Å². The molecule has 1 amide bonds. The second kappa shape index (κ2) is 6.17. The highest BCUT2D eigenvalue weighted by Crippen LogP contribution is 2.27. The number of nitrogens with two attached hydrogens (primary N) is 1. The molecule has 0 radical (unpaired) electrons. The van der Waals surface area contributed by atoms with Crippen LogP contribution in [0.5, 0.6) is 0 Å². The van der Waals surface area contributed by atoms with Gasteiger partial charge in [0.1, 0.15) is 13.1 Å². The summed E-state index contributed by atoms with van der Waals surface area (Å²) in [5.41, 5.74) is 2.40. The first-order valence-corrected chi connectivity index (χ1v) is 7.11. The summed E-state index contributed by atoms with van der Waals surface area (Å²) in [5, 5.41) is 2.15. The third kappa shape index (κ3) is 3.33. The number of amides is 1. The Labute approximate surface area is 115 Å². The fourth-order valence-electron chi connectivity index (χ4n) is 2.54. The Hall–Kier alpha value is -1.39. The molecule has 1 aliphatic heterocycles. The normalized spacial score (nSPS) is 15.7. The van der Waals surface area contributed by atoms with E-state index in [2.05, 4.69) is 31.5 Å². The van der Waals surface area contributed by atoms with E-state index in [4.69, 9.17) is 0 Å². The first-order valence-electron chi connectivity index (χ1n) is 7.11. The molecule has 3 N–H and O–H groups in total. The van der Waals surface area contributed by atoms with Gasteiger partial charge in [0.05, 0.1) is 14.1 Å². The van der Waals surface area contributed by atoms with Crippen molar-refractivity contribution < 1.29 is 15.0 Å². The van der Waals surface area contributed by atoms with Crippen molar-refractivity contribution >= 4 is 11.6 Å². The van der Waals surface area contributed by atoms with Crippen molar-refractivity contribution in [2.45, 2.75) is 19.4 Å². The number of benzene rings is 1. The van der Waals surface area contributed by atoms with Crippen LogP contribution in [0.25, 0.3) is 0 Å². The molecule has 1 aliphatic rings. The number of rotatable bonds is 5. The minimum Gasteiger partial charge on any atom is -0.335 e. The van der Waals surface area contributed by atoms with Gasteiger partial charge in [-0.1, -0.05) is 18.2 Å². The topological polar surface area (TPSA) is 41.4 Å². The van der Waals surface area contributed by atoms with Crippen molar-refractivity contribution in [1.29, 1.82) is 0 Å². The molecule has 0 spiro atoms. The van der Waals surface area contributed by atoms with Gasteiger partial charge in [-0.2, -0.15) is 0 Å². The minimum absolute atomic E-state index is 0.00510. The molecule has 1 atom stereocenters. The lowest BCUT2D eigenvalue weighted by atomic mass is 10.2. The average molecular weight is 263 g/mol. The third-order valence-electron chi connectivity index (χ3n) is 3.71. The van der Waals surface area contributed by atoms with Crippen LogP contribution in [0, 0.1) is 0 Å². The van der Waals surface area contributed by atoms with E-state index in [1.807, 2.05) is 24.0 Å². The zero-order valence-electron chi connectivity index (χ0n) is 12.1. The summed E-state index contributed by atoms with van der Waals surface area (Å²) in [6, 6.07) is 8.23. The predicted molar refractivity (Wildman–Crippen MR) is 76.4 cm³/mol. The molecule has 0 saturated heterocycles. The minimum atomic E-state index is 0.00510. The number of hydrogen-bond acceptors (Lipinski definition) is 1. The molecule has 2 rings (SSSR count). The fraction of sp³-hybridized carbons (Fsp3) is 0.533. The summed E-state index contributed by atoms with van der Waals surface area (Å²) < 4.78 is 0. The Morgan fingerprint density at radius 2 is 2.16 bits per heavy atom. The number of likely N-dealkylation sites (N-methyl/N-ethyl adjacent to an activating group) is 1. The van der Waals surface area contributed by atoms with Gasteiger partial charge in [-0.25, -0.2) is 0 Å². The maximum Gasteiger partial charge on any atom is 0.284 e. The molecule has 104 valence electrons. The lowest BCUT2D eigenvalue weighted by molar-refractivity contribution is -0.875. The van der Waals surface area contributed by atoms with Gasteiger partial charge in [-0.15, -0.1) is 0 Å². The van der Waals surface area contributed by atoms with E-state index in [1.54, 1.807) is 0 Å². The van der Waals surface area contributed by atoms with Gasteiger partial charge >= 0.3 is 0 Å². The number of nitrogens with zero attached hydrogens (tertiary/aromatic N) is 1. The molecule has 0 fully saturated rings. The molecular formula is C15H25N3O+2. The van der Waals surface area contributed by atoms with E-state index in [0.29, 0.717) is 0 Å². The SMILES string of the molecule is C[C@@H]([NH2+]CC[NH+](C)C)C(=O)N1CCc2ccccc21. The molecule has 4 heteroatoms. The Balaban J connectivity index is 1.94. The molecule has 0 aliphatic carbocycles. The van der Waals surface area contributed by atoms with Gasteiger partial charge in [0.2, 0.25) is 0 Å². The molecule has 0 aromatic heterocycles. The van der Waals surface area contributed by atoms with Crippen molar-refractivity contribution in [3.8, 4) is 0 Å². The monoisotopic (exact) mass is 263 g/mol.